The summed E-state index contributed by atoms with van der Waals surface area (Å²) in [7, 11) is 1.65. The molecule has 0 aliphatic carbocycles. The number of nitrogens with one attached hydrogen (secondary N) is 1. The molecule has 3 rings (SSSR count). The van der Waals surface area contributed by atoms with Crippen molar-refractivity contribution in [1.29, 1.82) is 0 Å². The van der Waals surface area contributed by atoms with Crippen LogP contribution < -0.4 is 9.47 Å². The van der Waals surface area contributed by atoms with Crippen LogP contribution in [0.4, 0.5) is 0 Å². The average Bonchev–Trinajstić information content (AvgIpc) is 3.07. The van der Waals surface area contributed by atoms with Gasteiger partial charge in [-0.05, 0) is 61.6 Å². The van der Waals surface area contributed by atoms with E-state index < -0.39 is 0 Å². The van der Waals surface area contributed by atoms with Gasteiger partial charge in [0, 0.05) is 17.3 Å². The smallest absolute Gasteiger partial charge is 0.216 e. The zero-order valence-corrected chi connectivity index (χ0v) is 15.9. The van der Waals surface area contributed by atoms with Crippen LogP contribution in [-0.4, -0.2) is 34.8 Å². The molecule has 6 nitrogen and oxygen atoms in total. The van der Waals surface area contributed by atoms with Crippen LogP contribution in [0, 0.1) is 4.77 Å². The summed E-state index contributed by atoms with van der Waals surface area (Å²) in [4.78, 5) is 0. The Kier molecular flexibility index (Phi) is 6.17. The van der Waals surface area contributed by atoms with E-state index in [1.807, 2.05) is 67.6 Å². The third-order valence-corrected chi connectivity index (χ3v) is 4.02. The average molecular weight is 380 g/mol. The summed E-state index contributed by atoms with van der Waals surface area (Å²) in [6.07, 6.45) is 5.41. The molecule has 0 saturated heterocycles. The van der Waals surface area contributed by atoms with Crippen LogP contribution in [0.2, 0.25) is 0 Å². The molecule has 138 valence electrons. The minimum absolute atomic E-state index is 0.417. The molecule has 3 aromatic rings. The van der Waals surface area contributed by atoms with Crippen LogP contribution in [-0.2, 0) is 0 Å². The summed E-state index contributed by atoms with van der Waals surface area (Å²) >= 11 is 5.29. The molecule has 0 spiro atoms. The number of nitrogens with zero attached hydrogens (tertiary/aromatic N) is 3. The van der Waals surface area contributed by atoms with Crippen LogP contribution in [0.25, 0.3) is 17.5 Å². The maximum absolute atomic E-state index is 5.47. The Hall–Kier alpha value is -3.19. The van der Waals surface area contributed by atoms with Crippen molar-refractivity contribution in [2.45, 2.75) is 6.92 Å². The fourth-order valence-electron chi connectivity index (χ4n) is 2.51. The first-order valence-electron chi connectivity index (χ1n) is 8.47. The van der Waals surface area contributed by atoms with Gasteiger partial charge in [-0.3, -0.25) is 0 Å². The van der Waals surface area contributed by atoms with Gasteiger partial charge in [0.2, 0.25) is 4.77 Å². The Morgan fingerprint density at radius 1 is 1.19 bits per heavy atom. The summed E-state index contributed by atoms with van der Waals surface area (Å²) in [6.45, 7) is 2.58. The Bertz CT molecular complexity index is 1000. The molecule has 1 aromatic heterocycles. The fraction of sp³-hybridized carbons (Fsp3) is 0.150. The molecule has 1 N–H and O–H groups in total. The van der Waals surface area contributed by atoms with Crippen molar-refractivity contribution in [3.05, 3.63) is 64.9 Å². The zero-order chi connectivity index (χ0) is 19.1. The maximum atomic E-state index is 5.47. The molecule has 0 amide bonds. The molecule has 2 aromatic carbocycles. The van der Waals surface area contributed by atoms with Crippen molar-refractivity contribution >= 4 is 24.5 Å². The number of ether oxygens (including phenoxy) is 2. The molecular formula is C20H20N4O2S. The maximum Gasteiger partial charge on any atom is 0.216 e. The molecular weight excluding hydrogens is 360 g/mol. The number of para-hydroxylation sites is 1. The van der Waals surface area contributed by atoms with E-state index in [0.717, 1.165) is 22.6 Å². The lowest BCUT2D eigenvalue weighted by Gasteiger charge is -2.04. The molecule has 27 heavy (non-hydrogen) atoms. The van der Waals surface area contributed by atoms with Crippen LogP contribution >= 0.6 is 12.2 Å². The number of hydrogen-bond acceptors (Lipinski definition) is 5. The molecule has 0 saturated carbocycles. The second-order valence-electron chi connectivity index (χ2n) is 5.49. The van der Waals surface area contributed by atoms with Crippen LogP contribution in [0.3, 0.4) is 0 Å². The number of methoxy groups -OCH3 is 1. The van der Waals surface area contributed by atoms with Crippen molar-refractivity contribution < 1.29 is 9.47 Å². The first-order chi connectivity index (χ1) is 13.2. The number of H-pyrrole nitrogens is 1. The molecule has 0 unspecified atom stereocenters. The number of rotatable bonds is 7. The van der Waals surface area contributed by atoms with Crippen molar-refractivity contribution in [2.24, 2.45) is 5.10 Å². The van der Waals surface area contributed by atoms with E-state index in [9.17, 15) is 0 Å². The summed E-state index contributed by atoms with van der Waals surface area (Å²) in [5.74, 6) is 2.24. The van der Waals surface area contributed by atoms with Gasteiger partial charge in [-0.1, -0.05) is 18.2 Å². The fourth-order valence-corrected chi connectivity index (χ4v) is 2.69. The quantitative estimate of drug-likeness (QED) is 0.482. The van der Waals surface area contributed by atoms with Gasteiger partial charge in [0.15, 0.2) is 5.82 Å². The first kappa shape index (κ1) is 18.6. The summed E-state index contributed by atoms with van der Waals surface area (Å²) in [6, 6.07) is 15.4. The van der Waals surface area contributed by atoms with Gasteiger partial charge < -0.3 is 9.47 Å². The van der Waals surface area contributed by atoms with Crippen molar-refractivity contribution in [3.63, 3.8) is 0 Å². The molecule has 0 aliphatic rings. The normalized spacial score (nSPS) is 11.3. The largest absolute Gasteiger partial charge is 0.496 e. The van der Waals surface area contributed by atoms with Crippen LogP contribution in [0.1, 0.15) is 12.5 Å². The van der Waals surface area contributed by atoms with Gasteiger partial charge in [-0.25, -0.2) is 5.10 Å². The van der Waals surface area contributed by atoms with Crippen molar-refractivity contribution in [3.8, 4) is 22.9 Å². The topological polar surface area (TPSA) is 64.4 Å². The highest BCUT2D eigenvalue weighted by Gasteiger charge is 2.08. The molecule has 0 fully saturated rings. The molecule has 0 aliphatic heterocycles. The summed E-state index contributed by atoms with van der Waals surface area (Å²) in [5.41, 5.74) is 1.85. The third kappa shape index (κ3) is 4.51. The van der Waals surface area contributed by atoms with E-state index in [4.69, 9.17) is 21.7 Å². The third-order valence-electron chi connectivity index (χ3n) is 3.76. The monoisotopic (exact) mass is 380 g/mol. The van der Waals surface area contributed by atoms with Gasteiger partial charge in [0.1, 0.15) is 11.5 Å². The zero-order valence-electron chi connectivity index (χ0n) is 15.1. The highest BCUT2D eigenvalue weighted by atomic mass is 32.1. The summed E-state index contributed by atoms with van der Waals surface area (Å²) < 4.78 is 12.8. The lowest BCUT2D eigenvalue weighted by atomic mass is 10.2. The van der Waals surface area contributed by atoms with Crippen molar-refractivity contribution in [1.82, 2.24) is 14.9 Å². The predicted octanol–water partition coefficient (Wildman–Crippen LogP) is 4.56. The van der Waals surface area contributed by atoms with E-state index >= 15 is 0 Å². The van der Waals surface area contributed by atoms with Crippen LogP contribution in [0.5, 0.6) is 11.5 Å². The highest BCUT2D eigenvalue weighted by Crippen LogP contribution is 2.21. The second-order valence-corrected chi connectivity index (χ2v) is 5.87. The van der Waals surface area contributed by atoms with Crippen LogP contribution in [0.15, 0.2) is 59.7 Å². The molecule has 0 bridgehead atoms. The van der Waals surface area contributed by atoms with E-state index in [2.05, 4.69) is 15.3 Å². The number of allylic oxidation sites excluding steroid dienone is 1. The molecule has 0 atom stereocenters. The minimum atomic E-state index is 0.417. The van der Waals surface area contributed by atoms with E-state index in [0.29, 0.717) is 17.2 Å². The number of benzene rings is 2. The molecule has 0 radical (unpaired) electrons. The van der Waals surface area contributed by atoms with Gasteiger partial charge in [-0.2, -0.15) is 14.9 Å². The van der Waals surface area contributed by atoms with E-state index in [1.165, 1.54) is 0 Å². The Morgan fingerprint density at radius 3 is 2.70 bits per heavy atom. The van der Waals surface area contributed by atoms with Gasteiger partial charge >= 0.3 is 0 Å². The Balaban J connectivity index is 1.81. The van der Waals surface area contributed by atoms with Gasteiger partial charge in [0.05, 0.1) is 13.7 Å². The summed E-state index contributed by atoms with van der Waals surface area (Å²) in [5, 5.41) is 11.5. The molecule has 1 heterocycles. The van der Waals surface area contributed by atoms with Gasteiger partial charge in [0.25, 0.3) is 0 Å². The van der Waals surface area contributed by atoms with E-state index in [1.54, 1.807) is 18.0 Å². The highest BCUT2D eigenvalue weighted by molar-refractivity contribution is 7.71. The Labute approximate surface area is 162 Å². The number of aromatic nitrogens is 3. The van der Waals surface area contributed by atoms with Gasteiger partial charge in [-0.15, -0.1) is 0 Å². The number of aromatic amines is 1. The standard InChI is InChI=1S/C20H20N4O2S/c1-3-26-17-12-10-16(11-13-17)19-22-23-20(27)24(19)21-14-6-8-15-7-4-5-9-18(15)25-2/h4-14H,3H2,1-2H3,(H,23,27)/b8-6+,21-14+. The van der Waals surface area contributed by atoms with Crippen molar-refractivity contribution in [2.75, 3.05) is 13.7 Å². The lowest BCUT2D eigenvalue weighted by molar-refractivity contribution is 0.340. The molecule has 7 heteroatoms. The Morgan fingerprint density at radius 2 is 1.96 bits per heavy atom. The number of hydrogen-bond donors (Lipinski definition) is 1. The van der Waals surface area contributed by atoms with E-state index in [-0.39, 0.29) is 0 Å². The lowest BCUT2D eigenvalue weighted by Crippen LogP contribution is -1.95. The minimum Gasteiger partial charge on any atom is -0.496 e. The first-order valence-corrected chi connectivity index (χ1v) is 8.88. The second kappa shape index (κ2) is 8.95. The SMILES string of the molecule is CCOc1ccc(-c2n[nH]c(=S)n2/N=C/C=C/c2ccccc2OC)cc1. The predicted molar refractivity (Wildman–Crippen MR) is 110 cm³/mol.